The van der Waals surface area contributed by atoms with Crippen LogP contribution >= 0.6 is 11.8 Å². The van der Waals surface area contributed by atoms with Crippen LogP contribution in [0.2, 0.25) is 0 Å². The topological polar surface area (TPSA) is 26.3 Å². The number of carbonyl (C=O) groups is 1. The van der Waals surface area contributed by atoms with E-state index in [1.54, 1.807) is 0 Å². The van der Waals surface area contributed by atoms with Crippen molar-refractivity contribution < 1.29 is 13.9 Å². The van der Waals surface area contributed by atoms with Crippen LogP contribution < -0.4 is 0 Å². The highest BCUT2D eigenvalue weighted by molar-refractivity contribution is 7.99. The van der Waals surface area contributed by atoms with Crippen LogP contribution in [0.3, 0.4) is 0 Å². The van der Waals surface area contributed by atoms with Gasteiger partial charge in [-0.2, -0.15) is 0 Å². The molecule has 0 atom stereocenters. The Morgan fingerprint density at radius 1 is 1.17 bits per heavy atom. The molecule has 0 amide bonds. The van der Waals surface area contributed by atoms with Gasteiger partial charge in [0.05, 0.1) is 12.7 Å². The largest absolute Gasteiger partial charge is 0.465 e. The van der Waals surface area contributed by atoms with Crippen molar-refractivity contribution in [3.8, 4) is 0 Å². The van der Waals surface area contributed by atoms with Gasteiger partial charge >= 0.3 is 5.97 Å². The van der Waals surface area contributed by atoms with Crippen molar-refractivity contribution in [3.05, 3.63) is 59.9 Å². The van der Waals surface area contributed by atoms with E-state index in [2.05, 4.69) is 4.74 Å². The smallest absolute Gasteiger partial charge is 0.339 e. The zero-order valence-corrected chi connectivity index (χ0v) is 10.5. The lowest BCUT2D eigenvalue weighted by Gasteiger charge is -2.07. The Morgan fingerprint density at radius 3 is 2.56 bits per heavy atom. The van der Waals surface area contributed by atoms with E-state index >= 15 is 0 Å². The summed E-state index contributed by atoms with van der Waals surface area (Å²) in [5, 5.41) is 0. The minimum Gasteiger partial charge on any atom is -0.465 e. The summed E-state index contributed by atoms with van der Waals surface area (Å²) < 4.78 is 17.9. The van der Waals surface area contributed by atoms with Crippen molar-refractivity contribution in [1.82, 2.24) is 0 Å². The van der Waals surface area contributed by atoms with Crippen molar-refractivity contribution in [1.29, 1.82) is 0 Å². The summed E-state index contributed by atoms with van der Waals surface area (Å²) in [6.07, 6.45) is 0. The predicted octanol–water partition coefficient (Wildman–Crippen LogP) is 3.76. The van der Waals surface area contributed by atoms with Crippen molar-refractivity contribution in [2.75, 3.05) is 7.11 Å². The van der Waals surface area contributed by atoms with Gasteiger partial charge in [0.2, 0.25) is 0 Å². The molecule has 0 aromatic heterocycles. The zero-order chi connectivity index (χ0) is 13.0. The fourth-order valence-electron chi connectivity index (χ4n) is 1.47. The van der Waals surface area contributed by atoms with Gasteiger partial charge in [-0.05, 0) is 30.3 Å². The van der Waals surface area contributed by atoms with Gasteiger partial charge in [0, 0.05) is 9.79 Å². The number of halogens is 1. The van der Waals surface area contributed by atoms with E-state index in [-0.39, 0.29) is 5.82 Å². The summed E-state index contributed by atoms with van der Waals surface area (Å²) in [5.74, 6) is -0.838. The fraction of sp³-hybridized carbons (Fsp3) is 0.0714. The molecule has 2 nitrogen and oxygen atoms in total. The Hall–Kier alpha value is -1.81. The Bertz CT molecular complexity index is 555. The molecule has 0 heterocycles. The lowest BCUT2D eigenvalue weighted by molar-refractivity contribution is 0.0596. The standard InChI is InChI=1S/C14H11FO2S/c1-17-14(16)12-8-7-10(15)9-13(12)18-11-5-3-2-4-6-11/h2-9H,1H3. The van der Waals surface area contributed by atoms with Crippen LogP contribution in [0.4, 0.5) is 4.39 Å². The number of methoxy groups -OCH3 is 1. The van der Waals surface area contributed by atoms with E-state index in [9.17, 15) is 9.18 Å². The third-order valence-electron chi connectivity index (χ3n) is 2.32. The molecule has 4 heteroatoms. The maximum atomic E-state index is 13.3. The lowest BCUT2D eigenvalue weighted by atomic mass is 10.2. The van der Waals surface area contributed by atoms with Gasteiger partial charge in [0.25, 0.3) is 0 Å². The number of esters is 1. The highest BCUT2D eigenvalue weighted by atomic mass is 32.2. The number of ether oxygens (including phenoxy) is 1. The fourth-order valence-corrected chi connectivity index (χ4v) is 2.45. The van der Waals surface area contributed by atoms with Gasteiger partial charge in [-0.15, -0.1) is 0 Å². The van der Waals surface area contributed by atoms with Gasteiger partial charge in [0.1, 0.15) is 5.82 Å². The summed E-state index contributed by atoms with van der Waals surface area (Å²) in [6, 6.07) is 13.5. The highest BCUT2D eigenvalue weighted by Crippen LogP contribution is 2.31. The first kappa shape index (κ1) is 12.6. The number of carbonyl (C=O) groups excluding carboxylic acids is 1. The van der Waals surface area contributed by atoms with Gasteiger partial charge in [-0.1, -0.05) is 30.0 Å². The zero-order valence-electron chi connectivity index (χ0n) is 9.72. The van der Waals surface area contributed by atoms with Gasteiger partial charge in [0.15, 0.2) is 0 Å². The minimum atomic E-state index is -0.464. The molecule has 0 saturated carbocycles. The lowest BCUT2D eigenvalue weighted by Crippen LogP contribution is -2.03. The second kappa shape index (κ2) is 5.69. The third kappa shape index (κ3) is 2.90. The van der Waals surface area contributed by atoms with Gasteiger partial charge in [-0.25, -0.2) is 9.18 Å². The average molecular weight is 262 g/mol. The molecule has 0 bridgehead atoms. The number of rotatable bonds is 3. The van der Waals surface area contributed by atoms with Crippen molar-refractivity contribution >= 4 is 17.7 Å². The molecule has 0 N–H and O–H groups in total. The third-order valence-corrected chi connectivity index (χ3v) is 3.39. The van der Waals surface area contributed by atoms with Gasteiger partial charge < -0.3 is 4.74 Å². The number of hydrogen-bond donors (Lipinski definition) is 0. The molecule has 0 saturated heterocycles. The first-order valence-corrected chi connectivity index (χ1v) is 6.13. The molecule has 0 aliphatic carbocycles. The SMILES string of the molecule is COC(=O)c1ccc(F)cc1Sc1ccccc1. The quantitative estimate of drug-likeness (QED) is 0.788. The molecule has 0 spiro atoms. The van der Waals surface area contributed by atoms with Crippen molar-refractivity contribution in [2.45, 2.75) is 9.79 Å². The van der Waals surface area contributed by atoms with Crippen LogP contribution in [0.5, 0.6) is 0 Å². The van der Waals surface area contributed by atoms with E-state index in [4.69, 9.17) is 0 Å². The van der Waals surface area contributed by atoms with E-state index in [0.717, 1.165) is 4.90 Å². The van der Waals surface area contributed by atoms with Crippen LogP contribution in [-0.4, -0.2) is 13.1 Å². The van der Waals surface area contributed by atoms with E-state index in [1.807, 2.05) is 30.3 Å². The maximum Gasteiger partial charge on any atom is 0.339 e. The molecule has 0 aliphatic rings. The monoisotopic (exact) mass is 262 g/mol. The van der Waals surface area contributed by atoms with Crippen molar-refractivity contribution in [3.63, 3.8) is 0 Å². The molecular weight excluding hydrogens is 251 g/mol. The summed E-state index contributed by atoms with van der Waals surface area (Å²) in [7, 11) is 1.31. The Morgan fingerprint density at radius 2 is 1.89 bits per heavy atom. The predicted molar refractivity (Wildman–Crippen MR) is 68.3 cm³/mol. The molecule has 0 aliphatic heterocycles. The highest BCUT2D eigenvalue weighted by Gasteiger charge is 2.13. The number of hydrogen-bond acceptors (Lipinski definition) is 3. The first-order valence-electron chi connectivity index (χ1n) is 5.31. The summed E-state index contributed by atoms with van der Waals surface area (Å²) >= 11 is 1.33. The molecular formula is C14H11FO2S. The Kier molecular flexibility index (Phi) is 3.99. The second-order valence-corrected chi connectivity index (χ2v) is 4.66. The van der Waals surface area contributed by atoms with Crippen LogP contribution in [-0.2, 0) is 4.74 Å². The summed E-state index contributed by atoms with van der Waals surface area (Å²) in [5.41, 5.74) is 0.368. The second-order valence-electron chi connectivity index (χ2n) is 3.55. The van der Waals surface area contributed by atoms with E-state index in [0.29, 0.717) is 10.5 Å². The molecule has 0 unspecified atom stereocenters. The van der Waals surface area contributed by atoms with Crippen molar-refractivity contribution in [2.24, 2.45) is 0 Å². The molecule has 0 radical (unpaired) electrons. The normalized spacial score (nSPS) is 10.1. The Labute approximate surface area is 109 Å². The Balaban J connectivity index is 2.36. The number of benzene rings is 2. The molecule has 92 valence electrons. The molecule has 18 heavy (non-hydrogen) atoms. The first-order chi connectivity index (χ1) is 8.70. The molecule has 2 aromatic rings. The van der Waals surface area contributed by atoms with Gasteiger partial charge in [-0.3, -0.25) is 0 Å². The van der Waals surface area contributed by atoms with E-state index < -0.39 is 5.97 Å². The maximum absolute atomic E-state index is 13.3. The average Bonchev–Trinajstić information content (AvgIpc) is 2.39. The molecule has 0 fully saturated rings. The van der Waals surface area contributed by atoms with E-state index in [1.165, 1.54) is 37.1 Å². The minimum absolute atomic E-state index is 0.368. The summed E-state index contributed by atoms with van der Waals surface area (Å²) in [4.78, 5) is 13.1. The molecule has 2 rings (SSSR count). The molecule has 2 aromatic carbocycles. The summed E-state index contributed by atoms with van der Waals surface area (Å²) in [6.45, 7) is 0. The van der Waals surface area contributed by atoms with Crippen LogP contribution in [0.15, 0.2) is 58.3 Å². The van der Waals surface area contributed by atoms with Crippen LogP contribution in [0.25, 0.3) is 0 Å². The van der Waals surface area contributed by atoms with Crippen LogP contribution in [0, 0.1) is 5.82 Å². The van der Waals surface area contributed by atoms with Crippen LogP contribution in [0.1, 0.15) is 10.4 Å².